The SMILES string of the molecule is C/C=C(\CCCCCC)C1=CC=C(C(F)(F)F)C2CC12. The third-order valence-electron chi connectivity index (χ3n) is 4.38. The fourth-order valence-electron chi connectivity index (χ4n) is 3.16. The number of unbranched alkanes of at least 4 members (excludes halogenated alkanes) is 3. The van der Waals surface area contributed by atoms with Gasteiger partial charge in [0.2, 0.25) is 0 Å². The van der Waals surface area contributed by atoms with Gasteiger partial charge < -0.3 is 0 Å². The molecule has 1 fully saturated rings. The predicted molar refractivity (Wildman–Crippen MR) is 76.3 cm³/mol. The summed E-state index contributed by atoms with van der Waals surface area (Å²) in [6.07, 6.45) is 7.40. The van der Waals surface area contributed by atoms with Gasteiger partial charge in [-0.15, -0.1) is 0 Å². The molecular formula is C17H23F3. The summed E-state index contributed by atoms with van der Waals surface area (Å²) in [5, 5.41) is 0. The van der Waals surface area contributed by atoms with E-state index in [1.54, 1.807) is 6.08 Å². The van der Waals surface area contributed by atoms with Crippen LogP contribution in [0, 0.1) is 11.8 Å². The molecule has 112 valence electrons. The van der Waals surface area contributed by atoms with Crippen LogP contribution in [-0.4, -0.2) is 6.18 Å². The highest BCUT2D eigenvalue weighted by atomic mass is 19.4. The Bertz CT molecular complexity index is 438. The molecule has 0 N–H and O–H groups in total. The smallest absolute Gasteiger partial charge is 0.166 e. The summed E-state index contributed by atoms with van der Waals surface area (Å²) < 4.78 is 38.4. The monoisotopic (exact) mass is 284 g/mol. The van der Waals surface area contributed by atoms with Crippen molar-refractivity contribution in [3.05, 3.63) is 34.9 Å². The molecule has 2 rings (SSSR count). The van der Waals surface area contributed by atoms with Gasteiger partial charge in [-0.3, -0.25) is 0 Å². The predicted octanol–water partition coefficient (Wildman–Crippen LogP) is 5.97. The maximum Gasteiger partial charge on any atom is 0.412 e. The highest BCUT2D eigenvalue weighted by molar-refractivity contribution is 5.47. The number of rotatable bonds is 6. The minimum absolute atomic E-state index is 0.119. The average Bonchev–Trinajstić information content (AvgIpc) is 3.17. The van der Waals surface area contributed by atoms with E-state index in [2.05, 4.69) is 13.0 Å². The highest BCUT2D eigenvalue weighted by Crippen LogP contribution is 2.57. The lowest BCUT2D eigenvalue weighted by Crippen LogP contribution is -2.16. The first-order chi connectivity index (χ1) is 9.49. The maximum atomic E-state index is 12.8. The third-order valence-corrected chi connectivity index (χ3v) is 4.38. The fourth-order valence-corrected chi connectivity index (χ4v) is 3.16. The number of fused-ring (bicyclic) bond motifs is 1. The van der Waals surface area contributed by atoms with Gasteiger partial charge in [0, 0.05) is 5.57 Å². The van der Waals surface area contributed by atoms with Gasteiger partial charge in [0.1, 0.15) is 0 Å². The molecule has 20 heavy (non-hydrogen) atoms. The van der Waals surface area contributed by atoms with Crippen molar-refractivity contribution in [1.82, 2.24) is 0 Å². The second-order valence-corrected chi connectivity index (χ2v) is 5.82. The first kappa shape index (κ1) is 15.4. The zero-order chi connectivity index (χ0) is 14.8. The molecule has 3 heteroatoms. The molecule has 0 nitrogen and oxygen atoms in total. The Morgan fingerprint density at radius 3 is 2.55 bits per heavy atom. The van der Waals surface area contributed by atoms with Gasteiger partial charge in [0.05, 0.1) is 0 Å². The molecule has 2 aliphatic rings. The van der Waals surface area contributed by atoms with Crippen LogP contribution in [0.4, 0.5) is 13.2 Å². The third kappa shape index (κ3) is 3.36. The van der Waals surface area contributed by atoms with Gasteiger partial charge in [0.25, 0.3) is 0 Å². The molecule has 0 aliphatic heterocycles. The Labute approximate surface area is 119 Å². The van der Waals surface area contributed by atoms with Crippen LogP contribution < -0.4 is 0 Å². The van der Waals surface area contributed by atoms with Gasteiger partial charge in [-0.25, -0.2) is 0 Å². The van der Waals surface area contributed by atoms with Crippen molar-refractivity contribution in [3.8, 4) is 0 Å². The van der Waals surface area contributed by atoms with E-state index >= 15 is 0 Å². The van der Waals surface area contributed by atoms with Gasteiger partial charge in [0.15, 0.2) is 0 Å². The number of allylic oxidation sites excluding steroid dienone is 6. The lowest BCUT2D eigenvalue weighted by Gasteiger charge is -2.18. The number of hydrogen-bond acceptors (Lipinski definition) is 0. The van der Waals surface area contributed by atoms with Crippen LogP contribution in [0.15, 0.2) is 34.9 Å². The second kappa shape index (κ2) is 6.19. The molecule has 0 aromatic carbocycles. The highest BCUT2D eigenvalue weighted by Gasteiger charge is 2.52. The van der Waals surface area contributed by atoms with Crippen molar-refractivity contribution < 1.29 is 13.2 Å². The van der Waals surface area contributed by atoms with Gasteiger partial charge in [-0.2, -0.15) is 13.2 Å². The van der Waals surface area contributed by atoms with Crippen LogP contribution in [0.3, 0.4) is 0 Å². The Morgan fingerprint density at radius 2 is 1.95 bits per heavy atom. The van der Waals surface area contributed by atoms with Crippen molar-refractivity contribution in [2.45, 2.75) is 58.5 Å². The van der Waals surface area contributed by atoms with Crippen molar-refractivity contribution >= 4 is 0 Å². The first-order valence-electron chi connectivity index (χ1n) is 7.63. The Morgan fingerprint density at radius 1 is 1.20 bits per heavy atom. The van der Waals surface area contributed by atoms with Crippen molar-refractivity contribution in [2.75, 3.05) is 0 Å². The molecule has 2 atom stereocenters. The normalized spacial score (nSPS) is 25.9. The molecule has 1 saturated carbocycles. The van der Waals surface area contributed by atoms with E-state index in [0.717, 1.165) is 18.4 Å². The minimum Gasteiger partial charge on any atom is -0.166 e. The summed E-state index contributed by atoms with van der Waals surface area (Å²) in [4.78, 5) is 0. The molecular weight excluding hydrogens is 261 g/mol. The number of alkyl halides is 3. The van der Waals surface area contributed by atoms with E-state index in [4.69, 9.17) is 0 Å². The molecule has 2 aliphatic carbocycles. The first-order valence-corrected chi connectivity index (χ1v) is 7.63. The largest absolute Gasteiger partial charge is 0.412 e. The standard InChI is InChI=1S/C17H23F3/c1-3-5-6-7-8-12(4-2)13-9-10-16(17(18,19)20)15-11-14(13)15/h4,9-10,14-15H,3,5-8,11H2,1-2H3/b12-4+. The summed E-state index contributed by atoms with van der Waals surface area (Å²) >= 11 is 0. The summed E-state index contributed by atoms with van der Waals surface area (Å²) in [5.41, 5.74) is 2.08. The number of halogens is 3. The molecule has 0 bridgehead atoms. The molecule has 0 radical (unpaired) electrons. The van der Waals surface area contributed by atoms with Crippen molar-refractivity contribution in [2.24, 2.45) is 11.8 Å². The summed E-state index contributed by atoms with van der Waals surface area (Å²) in [6.45, 7) is 4.18. The van der Waals surface area contributed by atoms with Crippen molar-refractivity contribution in [1.29, 1.82) is 0 Å². The van der Waals surface area contributed by atoms with Crippen LogP contribution in [0.2, 0.25) is 0 Å². The molecule has 0 aromatic heterocycles. The lowest BCUT2D eigenvalue weighted by molar-refractivity contribution is -0.0959. The van der Waals surface area contributed by atoms with Gasteiger partial charge >= 0.3 is 6.18 Å². The Hall–Kier alpha value is -0.990. The van der Waals surface area contributed by atoms with E-state index in [9.17, 15) is 13.2 Å². The minimum atomic E-state index is -4.15. The summed E-state index contributed by atoms with van der Waals surface area (Å²) in [6, 6.07) is 0. The zero-order valence-electron chi connectivity index (χ0n) is 12.3. The van der Waals surface area contributed by atoms with E-state index in [1.807, 2.05) is 6.92 Å². The fraction of sp³-hybridized carbons (Fsp3) is 0.647. The van der Waals surface area contributed by atoms with Crippen LogP contribution in [-0.2, 0) is 0 Å². The average molecular weight is 284 g/mol. The van der Waals surface area contributed by atoms with Gasteiger partial charge in [-0.1, -0.05) is 44.4 Å². The van der Waals surface area contributed by atoms with Crippen LogP contribution >= 0.6 is 0 Å². The molecule has 0 spiro atoms. The lowest BCUT2D eigenvalue weighted by atomic mass is 9.90. The molecule has 2 unspecified atom stereocenters. The second-order valence-electron chi connectivity index (χ2n) is 5.82. The molecule has 0 heterocycles. The summed E-state index contributed by atoms with van der Waals surface area (Å²) in [7, 11) is 0. The van der Waals surface area contributed by atoms with Crippen LogP contribution in [0.1, 0.15) is 52.4 Å². The van der Waals surface area contributed by atoms with E-state index in [0.29, 0.717) is 6.42 Å². The van der Waals surface area contributed by atoms with E-state index in [1.165, 1.54) is 30.9 Å². The zero-order valence-corrected chi connectivity index (χ0v) is 12.3. The van der Waals surface area contributed by atoms with Crippen LogP contribution in [0.5, 0.6) is 0 Å². The maximum absolute atomic E-state index is 12.8. The molecule has 0 amide bonds. The molecule has 0 saturated heterocycles. The van der Waals surface area contributed by atoms with Gasteiger partial charge in [-0.05, 0) is 49.2 Å². The van der Waals surface area contributed by atoms with E-state index in [-0.39, 0.29) is 17.4 Å². The molecule has 0 aromatic rings. The summed E-state index contributed by atoms with van der Waals surface area (Å²) in [5.74, 6) is -0.158. The Balaban J connectivity index is 2.02. The van der Waals surface area contributed by atoms with Crippen molar-refractivity contribution in [3.63, 3.8) is 0 Å². The number of hydrogen-bond donors (Lipinski definition) is 0. The van der Waals surface area contributed by atoms with Crippen LogP contribution in [0.25, 0.3) is 0 Å². The topological polar surface area (TPSA) is 0 Å². The van der Waals surface area contributed by atoms with E-state index < -0.39 is 6.18 Å². The quantitative estimate of drug-likeness (QED) is 0.527. The Kier molecular flexibility index (Phi) is 4.77.